The number of hydrogen-bond acceptors (Lipinski definition) is 5. The summed E-state index contributed by atoms with van der Waals surface area (Å²) in [6.07, 6.45) is 1.60. The summed E-state index contributed by atoms with van der Waals surface area (Å²) in [5, 5.41) is 9.55. The molecule has 4 rings (SSSR count). The largest absolute Gasteiger partial charge is 0.497 e. The Morgan fingerprint density at radius 2 is 1.68 bits per heavy atom. The summed E-state index contributed by atoms with van der Waals surface area (Å²) in [5.74, 6) is 0.726. The lowest BCUT2D eigenvalue weighted by Gasteiger charge is -2.11. The second kappa shape index (κ2) is 10.6. The predicted molar refractivity (Wildman–Crippen MR) is 140 cm³/mol. The first-order valence-corrected chi connectivity index (χ1v) is 11.0. The number of carbonyl (C=O) groups excluding carboxylic acids is 1. The number of rotatable bonds is 6. The smallest absolute Gasteiger partial charge is 0.343 e. The minimum Gasteiger partial charge on any atom is -0.497 e. The molecule has 0 aliphatic rings. The highest BCUT2D eigenvalue weighted by Crippen LogP contribution is 2.27. The van der Waals surface area contributed by atoms with E-state index in [1.54, 1.807) is 31.5 Å². The zero-order valence-corrected chi connectivity index (χ0v) is 19.6. The van der Waals surface area contributed by atoms with E-state index in [0.717, 1.165) is 27.8 Å². The van der Waals surface area contributed by atoms with Gasteiger partial charge in [0.15, 0.2) is 5.11 Å². The normalized spacial score (nSPS) is 10.8. The summed E-state index contributed by atoms with van der Waals surface area (Å²) >= 11 is 5.33. The minimum absolute atomic E-state index is 0.319. The van der Waals surface area contributed by atoms with Gasteiger partial charge in [0.05, 0.1) is 18.9 Å². The van der Waals surface area contributed by atoms with Crippen molar-refractivity contribution in [3.05, 3.63) is 102 Å². The Hall–Kier alpha value is -4.23. The number of hydrogen-bond donors (Lipinski definition) is 2. The first-order chi connectivity index (χ1) is 16.5. The fraction of sp³-hybridized carbons (Fsp3) is 0.0741. The Kier molecular flexibility index (Phi) is 7.15. The minimum atomic E-state index is -0.436. The molecule has 170 valence electrons. The van der Waals surface area contributed by atoms with Gasteiger partial charge in [-0.1, -0.05) is 48.0 Å². The topological polar surface area (TPSA) is 71.9 Å². The molecule has 4 aromatic carbocycles. The molecule has 7 heteroatoms. The maximum absolute atomic E-state index is 12.7. The van der Waals surface area contributed by atoms with Crippen LogP contribution in [0.1, 0.15) is 21.5 Å². The SMILES string of the molecule is COc1ccc(NC(=S)N/N=C/c2c(OC(=O)c3ccc(C)cc3)ccc3ccccc23)cc1. The van der Waals surface area contributed by atoms with Gasteiger partial charge < -0.3 is 14.8 Å². The molecule has 0 fully saturated rings. The first kappa shape index (κ1) is 22.9. The average molecular weight is 470 g/mol. The highest BCUT2D eigenvalue weighted by atomic mass is 32.1. The Balaban J connectivity index is 1.53. The lowest BCUT2D eigenvalue weighted by molar-refractivity contribution is 0.0734. The number of thiocarbonyl (C=S) groups is 1. The third kappa shape index (κ3) is 5.57. The summed E-state index contributed by atoms with van der Waals surface area (Å²) in [5.41, 5.74) is 5.82. The molecule has 6 nitrogen and oxygen atoms in total. The van der Waals surface area contributed by atoms with E-state index in [4.69, 9.17) is 21.7 Å². The number of benzene rings is 4. The monoisotopic (exact) mass is 469 g/mol. The third-order valence-electron chi connectivity index (χ3n) is 5.13. The molecule has 0 radical (unpaired) electrons. The van der Waals surface area contributed by atoms with Crippen LogP contribution in [0.5, 0.6) is 11.5 Å². The molecule has 2 N–H and O–H groups in total. The number of nitrogens with zero attached hydrogens (tertiary/aromatic N) is 1. The molecule has 0 aliphatic heterocycles. The van der Waals surface area contributed by atoms with Crippen LogP contribution in [0.25, 0.3) is 10.8 Å². The molecule has 0 spiro atoms. The van der Waals surface area contributed by atoms with Crippen molar-refractivity contribution in [3.63, 3.8) is 0 Å². The van der Waals surface area contributed by atoms with Gasteiger partial charge in [-0.25, -0.2) is 4.79 Å². The lowest BCUT2D eigenvalue weighted by atomic mass is 10.0. The number of fused-ring (bicyclic) bond motifs is 1. The summed E-state index contributed by atoms with van der Waals surface area (Å²) in [4.78, 5) is 12.7. The number of hydrazone groups is 1. The zero-order chi connectivity index (χ0) is 23.9. The first-order valence-electron chi connectivity index (χ1n) is 10.6. The molecular formula is C27H23N3O3S. The second-order valence-corrected chi connectivity index (χ2v) is 7.91. The Bertz CT molecular complexity index is 1350. The van der Waals surface area contributed by atoms with Crippen LogP contribution in [-0.2, 0) is 0 Å². The molecule has 0 amide bonds. The number of methoxy groups -OCH3 is 1. The molecule has 0 unspecified atom stereocenters. The molecular weight excluding hydrogens is 446 g/mol. The summed E-state index contributed by atoms with van der Waals surface area (Å²) in [6, 6.07) is 26.1. The van der Waals surface area contributed by atoms with E-state index >= 15 is 0 Å². The maximum Gasteiger partial charge on any atom is 0.343 e. The number of nitrogens with one attached hydrogen (secondary N) is 2. The van der Waals surface area contributed by atoms with Crippen LogP contribution >= 0.6 is 12.2 Å². The molecule has 0 bridgehead atoms. The van der Waals surface area contributed by atoms with E-state index in [2.05, 4.69) is 15.8 Å². The van der Waals surface area contributed by atoms with Gasteiger partial charge in [0, 0.05) is 11.3 Å². The second-order valence-electron chi connectivity index (χ2n) is 7.51. The maximum atomic E-state index is 12.7. The van der Waals surface area contributed by atoms with Gasteiger partial charge in [-0.05, 0) is 72.4 Å². The van der Waals surface area contributed by atoms with Crippen molar-refractivity contribution >= 4 is 46.0 Å². The summed E-state index contributed by atoms with van der Waals surface area (Å²) < 4.78 is 10.9. The van der Waals surface area contributed by atoms with Crippen molar-refractivity contribution in [3.8, 4) is 11.5 Å². The van der Waals surface area contributed by atoms with Gasteiger partial charge in [0.1, 0.15) is 11.5 Å². The van der Waals surface area contributed by atoms with Crippen LogP contribution < -0.4 is 20.2 Å². The van der Waals surface area contributed by atoms with Gasteiger partial charge in [-0.3, -0.25) is 5.43 Å². The highest BCUT2D eigenvalue weighted by molar-refractivity contribution is 7.80. The molecule has 4 aromatic rings. The van der Waals surface area contributed by atoms with Gasteiger partial charge in [0.25, 0.3) is 0 Å². The number of aryl methyl sites for hydroxylation is 1. The Morgan fingerprint density at radius 3 is 2.41 bits per heavy atom. The van der Waals surface area contributed by atoms with Crippen molar-refractivity contribution in [2.24, 2.45) is 5.10 Å². The van der Waals surface area contributed by atoms with Crippen LogP contribution in [0.3, 0.4) is 0 Å². The van der Waals surface area contributed by atoms with Crippen molar-refractivity contribution < 1.29 is 14.3 Å². The summed E-state index contributed by atoms with van der Waals surface area (Å²) in [6.45, 7) is 1.97. The van der Waals surface area contributed by atoms with Crippen molar-refractivity contribution in [2.45, 2.75) is 6.92 Å². The lowest BCUT2D eigenvalue weighted by Crippen LogP contribution is -2.23. The van der Waals surface area contributed by atoms with Gasteiger partial charge >= 0.3 is 5.97 Å². The molecule has 0 aromatic heterocycles. The van der Waals surface area contributed by atoms with Crippen LogP contribution in [0.15, 0.2) is 90.0 Å². The van der Waals surface area contributed by atoms with E-state index in [-0.39, 0.29) is 0 Å². The molecule has 0 saturated carbocycles. The van der Waals surface area contributed by atoms with Gasteiger partial charge in [-0.15, -0.1) is 0 Å². The van der Waals surface area contributed by atoms with Crippen molar-refractivity contribution in [2.75, 3.05) is 12.4 Å². The summed E-state index contributed by atoms with van der Waals surface area (Å²) in [7, 11) is 1.61. The number of carbonyl (C=O) groups is 1. The van der Waals surface area contributed by atoms with Crippen LogP contribution in [-0.4, -0.2) is 24.4 Å². The average Bonchev–Trinajstić information content (AvgIpc) is 2.86. The highest BCUT2D eigenvalue weighted by Gasteiger charge is 2.13. The molecule has 0 atom stereocenters. The number of ether oxygens (including phenoxy) is 2. The van der Waals surface area contributed by atoms with E-state index in [0.29, 0.717) is 22.0 Å². The van der Waals surface area contributed by atoms with E-state index in [9.17, 15) is 4.79 Å². The van der Waals surface area contributed by atoms with Crippen LogP contribution in [0.4, 0.5) is 5.69 Å². The zero-order valence-electron chi connectivity index (χ0n) is 18.7. The molecule has 0 heterocycles. The van der Waals surface area contributed by atoms with Crippen LogP contribution in [0, 0.1) is 6.92 Å². The fourth-order valence-electron chi connectivity index (χ4n) is 3.34. The Labute approximate surface area is 203 Å². The quantitative estimate of drug-likeness (QED) is 0.124. The Morgan fingerprint density at radius 1 is 0.941 bits per heavy atom. The van der Waals surface area contributed by atoms with Crippen molar-refractivity contribution in [1.29, 1.82) is 0 Å². The number of esters is 1. The van der Waals surface area contributed by atoms with E-state index in [1.807, 2.05) is 73.7 Å². The molecule has 34 heavy (non-hydrogen) atoms. The fourth-order valence-corrected chi connectivity index (χ4v) is 3.51. The standard InChI is InChI=1S/C27H23N3O3S/c1-18-7-9-20(10-8-18)26(31)33-25-16-11-19-5-3-4-6-23(19)24(25)17-28-30-27(34)29-21-12-14-22(32-2)15-13-21/h3-17H,1-2H3,(H2,29,30,34)/b28-17+. The van der Waals surface area contributed by atoms with E-state index in [1.165, 1.54) is 0 Å². The van der Waals surface area contributed by atoms with E-state index < -0.39 is 5.97 Å². The predicted octanol–water partition coefficient (Wildman–Crippen LogP) is 5.70. The van der Waals surface area contributed by atoms with Gasteiger partial charge in [0.2, 0.25) is 0 Å². The van der Waals surface area contributed by atoms with Crippen molar-refractivity contribution in [1.82, 2.24) is 5.43 Å². The molecule has 0 saturated heterocycles. The third-order valence-corrected chi connectivity index (χ3v) is 5.32. The van der Waals surface area contributed by atoms with Gasteiger partial charge in [-0.2, -0.15) is 5.10 Å². The van der Waals surface area contributed by atoms with Crippen LogP contribution in [0.2, 0.25) is 0 Å². The molecule has 0 aliphatic carbocycles. The number of anilines is 1.